The first-order valence-electron chi connectivity index (χ1n) is 11.7. The fourth-order valence-corrected chi connectivity index (χ4v) is 5.86. The van der Waals surface area contributed by atoms with E-state index in [9.17, 15) is 4.79 Å². The first-order valence-corrected chi connectivity index (χ1v) is 11.7. The number of rotatable bonds is 5. The van der Waals surface area contributed by atoms with Crippen LogP contribution < -0.4 is 10.6 Å². The number of aromatic nitrogens is 3. The van der Waals surface area contributed by atoms with Gasteiger partial charge in [-0.15, -0.1) is 0 Å². The first kappa shape index (κ1) is 22.6. The Bertz CT molecular complexity index is 942. The highest BCUT2D eigenvalue weighted by Gasteiger charge is 2.40. The summed E-state index contributed by atoms with van der Waals surface area (Å²) in [5, 5.41) is 7.03. The van der Waals surface area contributed by atoms with E-state index in [0.29, 0.717) is 18.2 Å². The zero-order chi connectivity index (χ0) is 22.9. The van der Waals surface area contributed by atoms with Crippen LogP contribution >= 0.6 is 0 Å². The maximum atomic E-state index is 13.4. The second-order valence-electron chi connectivity index (χ2n) is 10.8. The number of aryl methyl sites for hydroxylation is 1. The molecule has 4 heterocycles. The molecule has 7 nitrogen and oxygen atoms in total. The second kappa shape index (κ2) is 8.77. The molecule has 0 radical (unpaired) electrons. The third-order valence-corrected chi connectivity index (χ3v) is 6.46. The molecule has 0 saturated carbocycles. The molecule has 2 saturated heterocycles. The predicted molar refractivity (Wildman–Crippen MR) is 127 cm³/mol. The zero-order valence-electron chi connectivity index (χ0n) is 20.0. The van der Waals surface area contributed by atoms with Crippen molar-refractivity contribution in [3.05, 3.63) is 42.1 Å². The minimum absolute atomic E-state index is 0.0348. The van der Waals surface area contributed by atoms with Crippen LogP contribution in [0.1, 0.15) is 77.2 Å². The number of hydrogen-bond donors (Lipinski definition) is 2. The summed E-state index contributed by atoms with van der Waals surface area (Å²) in [7, 11) is 0. The molecule has 7 heteroatoms. The summed E-state index contributed by atoms with van der Waals surface area (Å²) >= 11 is 0. The van der Waals surface area contributed by atoms with E-state index < -0.39 is 0 Å². The molecule has 2 aromatic heterocycles. The molecule has 1 atom stereocenters. The van der Waals surface area contributed by atoms with Gasteiger partial charge in [0.1, 0.15) is 5.82 Å². The average molecular weight is 437 g/mol. The normalized spacial score (nSPS) is 22.7. The third kappa shape index (κ3) is 5.44. The van der Waals surface area contributed by atoms with Gasteiger partial charge in [0.25, 0.3) is 0 Å². The van der Waals surface area contributed by atoms with Crippen molar-refractivity contribution in [3.8, 4) is 0 Å². The standard InChI is InChI=1S/C25H36N6O/c1-17-11-19(29-22-16-26-8-9-27-22)13-20(28-17)21-7-6-10-31(21)23(32)12-18-14-24(2,3)30-25(4,5)15-18/h8-9,11,13,16,18,21,30H,6-7,10,12,14-15H2,1-5H3,(H,27,28,29)/t21-/m0/s1. The van der Waals surface area contributed by atoms with E-state index in [1.165, 1.54) is 0 Å². The maximum absolute atomic E-state index is 13.4. The van der Waals surface area contributed by atoms with E-state index in [2.05, 4.69) is 59.3 Å². The monoisotopic (exact) mass is 436 g/mol. The van der Waals surface area contributed by atoms with Crippen LogP contribution in [0.15, 0.2) is 30.7 Å². The molecule has 0 unspecified atom stereocenters. The number of amides is 1. The summed E-state index contributed by atoms with van der Waals surface area (Å²) in [6.07, 6.45) is 9.65. The van der Waals surface area contributed by atoms with Crippen molar-refractivity contribution in [1.29, 1.82) is 0 Å². The molecule has 2 fully saturated rings. The topological polar surface area (TPSA) is 83.0 Å². The van der Waals surface area contributed by atoms with Crippen LogP contribution in [-0.2, 0) is 4.79 Å². The number of pyridine rings is 1. The second-order valence-corrected chi connectivity index (χ2v) is 10.8. The predicted octanol–water partition coefficient (Wildman–Crippen LogP) is 4.53. The minimum atomic E-state index is 0.0348. The van der Waals surface area contributed by atoms with Gasteiger partial charge in [-0.25, -0.2) is 4.98 Å². The van der Waals surface area contributed by atoms with Crippen molar-refractivity contribution in [3.63, 3.8) is 0 Å². The Hall–Kier alpha value is -2.54. The van der Waals surface area contributed by atoms with Gasteiger partial charge in [-0.1, -0.05) is 0 Å². The lowest BCUT2D eigenvalue weighted by Gasteiger charge is -2.46. The van der Waals surface area contributed by atoms with E-state index in [1.54, 1.807) is 18.6 Å². The van der Waals surface area contributed by atoms with Gasteiger partial charge in [-0.3, -0.25) is 14.8 Å². The summed E-state index contributed by atoms with van der Waals surface area (Å²) < 4.78 is 0. The van der Waals surface area contributed by atoms with Crippen LogP contribution in [0, 0.1) is 12.8 Å². The van der Waals surface area contributed by atoms with Crippen molar-refractivity contribution >= 4 is 17.4 Å². The van der Waals surface area contributed by atoms with Gasteiger partial charge in [0.2, 0.25) is 5.91 Å². The van der Waals surface area contributed by atoms with Crippen LogP contribution in [0.4, 0.5) is 11.5 Å². The molecule has 2 aromatic rings. The van der Waals surface area contributed by atoms with Crippen LogP contribution in [0.2, 0.25) is 0 Å². The Labute approximate surface area is 191 Å². The Morgan fingerprint density at radius 2 is 1.94 bits per heavy atom. The van der Waals surface area contributed by atoms with Gasteiger partial charge < -0.3 is 15.5 Å². The average Bonchev–Trinajstić information content (AvgIpc) is 3.16. The molecule has 172 valence electrons. The Kier molecular flexibility index (Phi) is 6.21. The quantitative estimate of drug-likeness (QED) is 0.716. The van der Waals surface area contributed by atoms with Gasteiger partial charge in [0.05, 0.1) is 17.9 Å². The zero-order valence-corrected chi connectivity index (χ0v) is 20.0. The van der Waals surface area contributed by atoms with Gasteiger partial charge >= 0.3 is 0 Å². The fourth-order valence-electron chi connectivity index (χ4n) is 5.86. The maximum Gasteiger partial charge on any atom is 0.223 e. The highest BCUT2D eigenvalue weighted by atomic mass is 16.2. The van der Waals surface area contributed by atoms with Crippen molar-refractivity contribution in [1.82, 2.24) is 25.2 Å². The van der Waals surface area contributed by atoms with Crippen molar-refractivity contribution < 1.29 is 4.79 Å². The van der Waals surface area contributed by atoms with Gasteiger partial charge in [-0.05, 0) is 78.4 Å². The summed E-state index contributed by atoms with van der Waals surface area (Å²) in [6, 6.07) is 4.08. The molecular weight excluding hydrogens is 400 g/mol. The largest absolute Gasteiger partial charge is 0.339 e. The van der Waals surface area contributed by atoms with Crippen LogP contribution in [0.25, 0.3) is 0 Å². The molecule has 2 aliphatic heterocycles. The number of nitrogens with one attached hydrogen (secondary N) is 2. The fraction of sp³-hybridized carbons (Fsp3) is 0.600. The highest BCUT2D eigenvalue weighted by Crippen LogP contribution is 2.38. The number of anilines is 2. The van der Waals surface area contributed by atoms with Crippen LogP contribution in [0.5, 0.6) is 0 Å². The Morgan fingerprint density at radius 1 is 1.19 bits per heavy atom. The summed E-state index contributed by atoms with van der Waals surface area (Å²) in [5.74, 6) is 1.35. The highest BCUT2D eigenvalue weighted by molar-refractivity contribution is 5.77. The van der Waals surface area contributed by atoms with Gasteiger partial charge in [0, 0.05) is 47.8 Å². The van der Waals surface area contributed by atoms with E-state index >= 15 is 0 Å². The first-order chi connectivity index (χ1) is 15.1. The van der Waals surface area contributed by atoms with Crippen molar-refractivity contribution in [2.45, 2.75) is 83.8 Å². The smallest absolute Gasteiger partial charge is 0.223 e. The molecule has 0 aliphatic carbocycles. The molecule has 0 bridgehead atoms. The van der Waals surface area contributed by atoms with E-state index in [0.717, 1.165) is 49.3 Å². The van der Waals surface area contributed by atoms with Crippen molar-refractivity contribution in [2.75, 3.05) is 11.9 Å². The lowest BCUT2D eigenvalue weighted by molar-refractivity contribution is -0.133. The van der Waals surface area contributed by atoms with E-state index in [-0.39, 0.29) is 23.0 Å². The van der Waals surface area contributed by atoms with Crippen LogP contribution in [0.3, 0.4) is 0 Å². The number of carbonyl (C=O) groups is 1. The van der Waals surface area contributed by atoms with Gasteiger partial charge in [0.15, 0.2) is 0 Å². The summed E-state index contributed by atoms with van der Waals surface area (Å²) in [4.78, 5) is 28.7. The number of piperidine rings is 1. The van der Waals surface area contributed by atoms with Crippen LogP contribution in [-0.4, -0.2) is 43.4 Å². The molecule has 0 aromatic carbocycles. The molecule has 32 heavy (non-hydrogen) atoms. The molecule has 0 spiro atoms. The number of likely N-dealkylation sites (tertiary alicyclic amines) is 1. The minimum Gasteiger partial charge on any atom is -0.339 e. The molecule has 2 N–H and O–H groups in total. The van der Waals surface area contributed by atoms with E-state index in [1.807, 2.05) is 13.0 Å². The van der Waals surface area contributed by atoms with Gasteiger partial charge in [-0.2, -0.15) is 0 Å². The number of nitrogens with zero attached hydrogens (tertiary/aromatic N) is 4. The summed E-state index contributed by atoms with van der Waals surface area (Å²) in [5.41, 5.74) is 2.91. The summed E-state index contributed by atoms with van der Waals surface area (Å²) in [6.45, 7) is 11.8. The number of hydrogen-bond acceptors (Lipinski definition) is 6. The Balaban J connectivity index is 1.49. The van der Waals surface area contributed by atoms with E-state index in [4.69, 9.17) is 4.98 Å². The number of carbonyl (C=O) groups excluding carboxylic acids is 1. The molecular formula is C25H36N6O. The lowest BCUT2D eigenvalue weighted by Crippen LogP contribution is -2.58. The molecule has 1 amide bonds. The SMILES string of the molecule is Cc1cc(Nc2cnccn2)cc([C@@H]2CCCN2C(=O)CC2CC(C)(C)NC(C)(C)C2)n1. The molecule has 4 rings (SSSR count). The molecule has 2 aliphatic rings. The van der Waals surface area contributed by atoms with Crippen molar-refractivity contribution in [2.24, 2.45) is 5.92 Å². The third-order valence-electron chi connectivity index (χ3n) is 6.46. The Morgan fingerprint density at radius 3 is 2.62 bits per heavy atom. The lowest BCUT2D eigenvalue weighted by atomic mass is 9.74.